The first kappa shape index (κ1) is 11.2. The van der Waals surface area contributed by atoms with Gasteiger partial charge in [-0.1, -0.05) is 6.07 Å². The highest BCUT2D eigenvalue weighted by atomic mass is 16.5. The van der Waals surface area contributed by atoms with Crippen LogP contribution in [0.15, 0.2) is 30.6 Å². The van der Waals surface area contributed by atoms with E-state index < -0.39 is 0 Å². The van der Waals surface area contributed by atoms with E-state index >= 15 is 0 Å². The molecule has 1 saturated heterocycles. The van der Waals surface area contributed by atoms with E-state index in [1.165, 1.54) is 0 Å². The number of morpholine rings is 1. The van der Waals surface area contributed by atoms with E-state index in [1.54, 1.807) is 4.68 Å². The summed E-state index contributed by atoms with van der Waals surface area (Å²) in [4.78, 5) is 6.89. The third kappa shape index (κ3) is 2.22. The molecule has 0 saturated carbocycles. The number of hydrogen-bond acceptors (Lipinski definition) is 4. The van der Waals surface area contributed by atoms with E-state index in [0.29, 0.717) is 0 Å². The first-order chi connectivity index (χ1) is 8.83. The highest BCUT2D eigenvalue weighted by Gasteiger charge is 2.12. The van der Waals surface area contributed by atoms with Crippen molar-refractivity contribution in [3.8, 4) is 5.82 Å². The summed E-state index contributed by atoms with van der Waals surface area (Å²) in [5.41, 5.74) is 1.13. The molecule has 1 fully saturated rings. The zero-order valence-corrected chi connectivity index (χ0v) is 10.4. The maximum absolute atomic E-state index is 5.35. The molecule has 0 aromatic carbocycles. The van der Waals surface area contributed by atoms with Crippen LogP contribution in [0, 0.1) is 6.92 Å². The van der Waals surface area contributed by atoms with E-state index in [4.69, 9.17) is 4.74 Å². The molecule has 5 heteroatoms. The van der Waals surface area contributed by atoms with Gasteiger partial charge in [0.2, 0.25) is 0 Å². The average Bonchev–Trinajstić information content (AvgIpc) is 2.87. The van der Waals surface area contributed by atoms with E-state index in [2.05, 4.69) is 15.0 Å². The Morgan fingerprint density at radius 3 is 2.67 bits per heavy atom. The van der Waals surface area contributed by atoms with Crippen molar-refractivity contribution in [1.29, 1.82) is 0 Å². The van der Waals surface area contributed by atoms with Crippen molar-refractivity contribution in [2.45, 2.75) is 6.92 Å². The minimum absolute atomic E-state index is 0.771. The van der Waals surface area contributed by atoms with Gasteiger partial charge >= 0.3 is 0 Å². The number of nitrogens with zero attached hydrogens (tertiary/aromatic N) is 4. The maximum atomic E-state index is 5.35. The molecule has 0 N–H and O–H groups in total. The van der Waals surface area contributed by atoms with Gasteiger partial charge in [0.05, 0.1) is 19.4 Å². The number of ether oxygens (including phenoxy) is 1. The molecule has 94 valence electrons. The van der Waals surface area contributed by atoms with E-state index in [0.717, 1.165) is 43.5 Å². The van der Waals surface area contributed by atoms with Crippen LogP contribution < -0.4 is 4.90 Å². The molecule has 0 amide bonds. The van der Waals surface area contributed by atoms with Gasteiger partial charge in [0.15, 0.2) is 5.82 Å². The number of anilines is 1. The number of aryl methyl sites for hydroxylation is 1. The topological polar surface area (TPSA) is 43.2 Å². The predicted octanol–water partition coefficient (Wildman–Crippen LogP) is 1.41. The fraction of sp³-hybridized carbons (Fsp3) is 0.385. The normalized spacial score (nSPS) is 15.9. The third-order valence-electron chi connectivity index (χ3n) is 3.00. The lowest BCUT2D eigenvalue weighted by atomic mass is 10.3. The van der Waals surface area contributed by atoms with Crippen molar-refractivity contribution < 1.29 is 4.74 Å². The van der Waals surface area contributed by atoms with Gasteiger partial charge in [0, 0.05) is 19.3 Å². The molecule has 0 spiro atoms. The quantitative estimate of drug-likeness (QED) is 0.801. The van der Waals surface area contributed by atoms with Gasteiger partial charge in [-0.3, -0.25) is 0 Å². The highest BCUT2D eigenvalue weighted by Crippen LogP contribution is 2.15. The summed E-state index contributed by atoms with van der Waals surface area (Å²) in [6.07, 6.45) is 3.81. The lowest BCUT2D eigenvalue weighted by Crippen LogP contribution is -2.36. The van der Waals surface area contributed by atoms with Crippen LogP contribution in [0.3, 0.4) is 0 Å². The largest absolute Gasteiger partial charge is 0.378 e. The number of hydrogen-bond donors (Lipinski definition) is 0. The van der Waals surface area contributed by atoms with Gasteiger partial charge in [-0.2, -0.15) is 5.10 Å². The molecular formula is C13H16N4O. The first-order valence-corrected chi connectivity index (χ1v) is 6.14. The monoisotopic (exact) mass is 244 g/mol. The lowest BCUT2D eigenvalue weighted by molar-refractivity contribution is 0.122. The number of pyridine rings is 1. The fourth-order valence-electron chi connectivity index (χ4n) is 2.05. The second-order valence-corrected chi connectivity index (χ2v) is 4.42. The molecule has 2 aromatic rings. The summed E-state index contributed by atoms with van der Waals surface area (Å²) in [7, 11) is 0. The molecule has 2 aromatic heterocycles. The van der Waals surface area contributed by atoms with Crippen LogP contribution in [-0.4, -0.2) is 41.1 Å². The first-order valence-electron chi connectivity index (χ1n) is 6.14. The second kappa shape index (κ2) is 4.78. The van der Waals surface area contributed by atoms with Crippen LogP contribution in [-0.2, 0) is 4.74 Å². The summed E-state index contributed by atoms with van der Waals surface area (Å²) in [6, 6.07) is 6.02. The zero-order valence-electron chi connectivity index (χ0n) is 10.4. The van der Waals surface area contributed by atoms with Crippen LogP contribution in [0.25, 0.3) is 5.82 Å². The Labute approximate surface area is 106 Å². The van der Waals surface area contributed by atoms with Crippen molar-refractivity contribution in [3.63, 3.8) is 0 Å². The van der Waals surface area contributed by atoms with Gasteiger partial charge in [-0.05, 0) is 24.6 Å². The summed E-state index contributed by atoms with van der Waals surface area (Å²) in [5, 5.41) is 4.28. The highest BCUT2D eigenvalue weighted by molar-refractivity contribution is 5.42. The van der Waals surface area contributed by atoms with E-state index in [1.807, 2.05) is 37.5 Å². The average molecular weight is 244 g/mol. The molecule has 3 heterocycles. The van der Waals surface area contributed by atoms with Crippen LogP contribution >= 0.6 is 0 Å². The van der Waals surface area contributed by atoms with E-state index in [-0.39, 0.29) is 0 Å². The van der Waals surface area contributed by atoms with Gasteiger partial charge in [0.1, 0.15) is 5.82 Å². The summed E-state index contributed by atoms with van der Waals surface area (Å²) < 4.78 is 7.16. The van der Waals surface area contributed by atoms with Crippen LogP contribution in [0.4, 0.5) is 5.82 Å². The lowest BCUT2D eigenvalue weighted by Gasteiger charge is -2.27. The van der Waals surface area contributed by atoms with Crippen molar-refractivity contribution in [3.05, 3.63) is 36.2 Å². The molecule has 5 nitrogen and oxygen atoms in total. The summed E-state index contributed by atoms with van der Waals surface area (Å²) in [5.74, 6) is 1.84. The summed E-state index contributed by atoms with van der Waals surface area (Å²) in [6.45, 7) is 5.36. The second-order valence-electron chi connectivity index (χ2n) is 4.42. The number of aromatic nitrogens is 3. The Balaban J connectivity index is 1.88. The van der Waals surface area contributed by atoms with Crippen molar-refractivity contribution >= 4 is 5.82 Å². The van der Waals surface area contributed by atoms with Crippen molar-refractivity contribution in [2.24, 2.45) is 0 Å². The fourth-order valence-corrected chi connectivity index (χ4v) is 2.05. The molecule has 0 unspecified atom stereocenters. The van der Waals surface area contributed by atoms with Crippen molar-refractivity contribution in [2.75, 3.05) is 31.2 Å². The minimum Gasteiger partial charge on any atom is -0.378 e. The minimum atomic E-state index is 0.771. The van der Waals surface area contributed by atoms with Crippen LogP contribution in [0.1, 0.15) is 5.56 Å². The van der Waals surface area contributed by atoms with Crippen molar-refractivity contribution in [1.82, 2.24) is 14.8 Å². The predicted molar refractivity (Wildman–Crippen MR) is 69.1 cm³/mol. The smallest absolute Gasteiger partial charge is 0.155 e. The Morgan fingerprint density at radius 2 is 1.94 bits per heavy atom. The Bertz CT molecular complexity index is 531. The van der Waals surface area contributed by atoms with E-state index in [9.17, 15) is 0 Å². The van der Waals surface area contributed by atoms with Crippen LogP contribution in [0.5, 0.6) is 0 Å². The Hall–Kier alpha value is -1.88. The van der Waals surface area contributed by atoms with Gasteiger partial charge in [0.25, 0.3) is 0 Å². The molecule has 3 rings (SSSR count). The molecule has 0 atom stereocenters. The molecule has 0 bridgehead atoms. The summed E-state index contributed by atoms with van der Waals surface area (Å²) >= 11 is 0. The molecule has 0 radical (unpaired) electrons. The molecular weight excluding hydrogens is 228 g/mol. The Morgan fingerprint density at radius 1 is 1.17 bits per heavy atom. The van der Waals surface area contributed by atoms with Gasteiger partial charge < -0.3 is 9.64 Å². The Kier molecular flexibility index (Phi) is 2.98. The third-order valence-corrected chi connectivity index (χ3v) is 3.00. The molecule has 1 aliphatic heterocycles. The van der Waals surface area contributed by atoms with Crippen LogP contribution in [0.2, 0.25) is 0 Å². The van der Waals surface area contributed by atoms with Gasteiger partial charge in [-0.25, -0.2) is 9.67 Å². The molecule has 1 aliphatic rings. The SMILES string of the molecule is Cc1cnn(-c2cccc(N3CCOCC3)n2)c1. The molecule has 18 heavy (non-hydrogen) atoms. The zero-order chi connectivity index (χ0) is 12.4. The maximum Gasteiger partial charge on any atom is 0.155 e. The van der Waals surface area contributed by atoms with Gasteiger partial charge in [-0.15, -0.1) is 0 Å². The molecule has 0 aliphatic carbocycles. The standard InChI is InChI=1S/C13H16N4O/c1-11-9-14-17(10-11)13-4-2-3-12(15-13)16-5-7-18-8-6-16/h2-4,9-10H,5-8H2,1H3. The number of rotatable bonds is 2.